The van der Waals surface area contributed by atoms with Gasteiger partial charge in [0, 0.05) is 26.1 Å². The van der Waals surface area contributed by atoms with Gasteiger partial charge in [-0.05, 0) is 25.0 Å². The molecule has 124 valence electrons. The van der Waals surface area contributed by atoms with Crippen molar-refractivity contribution in [2.24, 2.45) is 0 Å². The van der Waals surface area contributed by atoms with E-state index in [-0.39, 0.29) is 23.1 Å². The fourth-order valence-corrected chi connectivity index (χ4v) is 3.05. The molecule has 2 N–H and O–H groups in total. The van der Waals surface area contributed by atoms with Crippen LogP contribution in [0.4, 0.5) is 0 Å². The second-order valence-corrected chi connectivity index (χ2v) is 6.34. The minimum atomic E-state index is -3.68. The maximum Gasteiger partial charge on any atom is 0.244 e. The molecule has 0 spiro atoms. The Kier molecular flexibility index (Phi) is 7.13. The average Bonchev–Trinajstić information content (AvgIpc) is 2.49. The van der Waals surface area contributed by atoms with Crippen LogP contribution in [-0.4, -0.2) is 41.6 Å². The number of rotatable bonds is 9. The Morgan fingerprint density at radius 1 is 1.14 bits per heavy atom. The van der Waals surface area contributed by atoms with Crippen molar-refractivity contribution >= 4 is 15.9 Å². The highest BCUT2D eigenvalue weighted by molar-refractivity contribution is 7.89. The van der Waals surface area contributed by atoms with E-state index in [2.05, 4.69) is 10.0 Å². The molecule has 0 heterocycles. The van der Waals surface area contributed by atoms with Crippen molar-refractivity contribution < 1.29 is 22.7 Å². The largest absolute Gasteiger partial charge is 0.497 e. The van der Waals surface area contributed by atoms with Crippen LogP contribution in [0.25, 0.3) is 0 Å². The lowest BCUT2D eigenvalue weighted by Gasteiger charge is -2.12. The molecular formula is C14H22N2O5S. The van der Waals surface area contributed by atoms with E-state index in [4.69, 9.17) is 9.47 Å². The van der Waals surface area contributed by atoms with Crippen molar-refractivity contribution in [2.45, 2.75) is 24.7 Å². The molecule has 1 aromatic rings. The first-order valence-corrected chi connectivity index (χ1v) is 8.35. The lowest BCUT2D eigenvalue weighted by atomic mass is 10.3. The maximum atomic E-state index is 12.3. The smallest absolute Gasteiger partial charge is 0.244 e. The molecule has 1 rings (SSSR count). The standard InChI is InChI=1S/C14H22N2O5S/c1-11(17)15-8-4-5-9-16-22(18,19)14-10-12(20-2)6-7-13(14)21-3/h6-7,10,16H,4-5,8-9H2,1-3H3,(H,15,17). The van der Waals surface area contributed by atoms with Crippen LogP contribution in [-0.2, 0) is 14.8 Å². The van der Waals surface area contributed by atoms with Crippen LogP contribution in [0.15, 0.2) is 23.1 Å². The Bertz CT molecular complexity index is 601. The summed E-state index contributed by atoms with van der Waals surface area (Å²) in [4.78, 5) is 10.7. The number of unbranched alkanes of at least 4 members (excludes halogenated alkanes) is 1. The van der Waals surface area contributed by atoms with Crippen LogP contribution in [0, 0.1) is 0 Å². The molecule has 0 saturated carbocycles. The molecule has 0 aromatic heterocycles. The Labute approximate surface area is 131 Å². The summed E-state index contributed by atoms with van der Waals surface area (Å²) < 4.78 is 37.2. The van der Waals surface area contributed by atoms with Crippen molar-refractivity contribution in [1.29, 1.82) is 0 Å². The molecule has 0 bridgehead atoms. The van der Waals surface area contributed by atoms with Gasteiger partial charge in [-0.3, -0.25) is 4.79 Å². The molecule has 0 atom stereocenters. The maximum absolute atomic E-state index is 12.3. The first-order valence-electron chi connectivity index (χ1n) is 6.87. The highest BCUT2D eigenvalue weighted by atomic mass is 32.2. The normalized spacial score (nSPS) is 11.0. The molecule has 8 heteroatoms. The third-order valence-electron chi connectivity index (χ3n) is 2.93. The number of nitrogens with one attached hydrogen (secondary N) is 2. The second kappa shape index (κ2) is 8.60. The van der Waals surface area contributed by atoms with E-state index in [1.807, 2.05) is 0 Å². The van der Waals surface area contributed by atoms with E-state index in [9.17, 15) is 13.2 Å². The Morgan fingerprint density at radius 2 is 1.82 bits per heavy atom. The summed E-state index contributed by atoms with van der Waals surface area (Å²) >= 11 is 0. The zero-order chi connectivity index (χ0) is 16.6. The van der Waals surface area contributed by atoms with E-state index in [1.54, 1.807) is 12.1 Å². The first kappa shape index (κ1) is 18.2. The van der Waals surface area contributed by atoms with Crippen LogP contribution in [0.1, 0.15) is 19.8 Å². The van der Waals surface area contributed by atoms with Crippen molar-refractivity contribution in [1.82, 2.24) is 10.0 Å². The van der Waals surface area contributed by atoms with Crippen molar-refractivity contribution in [3.8, 4) is 11.5 Å². The summed E-state index contributed by atoms with van der Waals surface area (Å²) in [5.41, 5.74) is 0. The zero-order valence-corrected chi connectivity index (χ0v) is 13.8. The zero-order valence-electron chi connectivity index (χ0n) is 13.0. The van der Waals surface area contributed by atoms with Gasteiger partial charge in [-0.2, -0.15) is 0 Å². The van der Waals surface area contributed by atoms with Gasteiger partial charge in [0.2, 0.25) is 15.9 Å². The molecule has 0 unspecified atom stereocenters. The minimum Gasteiger partial charge on any atom is -0.497 e. The molecule has 7 nitrogen and oxygen atoms in total. The molecule has 0 fully saturated rings. The Balaban J connectivity index is 2.64. The highest BCUT2D eigenvalue weighted by Crippen LogP contribution is 2.27. The Hall–Kier alpha value is -1.80. The van der Waals surface area contributed by atoms with Gasteiger partial charge in [-0.15, -0.1) is 0 Å². The van der Waals surface area contributed by atoms with Crippen molar-refractivity contribution in [2.75, 3.05) is 27.3 Å². The summed E-state index contributed by atoms with van der Waals surface area (Å²) in [5.74, 6) is 0.597. The molecule has 1 amide bonds. The summed E-state index contributed by atoms with van der Waals surface area (Å²) in [6.45, 7) is 2.25. The first-order chi connectivity index (χ1) is 10.4. The van der Waals surface area contributed by atoms with Gasteiger partial charge in [0.25, 0.3) is 0 Å². The van der Waals surface area contributed by atoms with Gasteiger partial charge in [-0.1, -0.05) is 0 Å². The van der Waals surface area contributed by atoms with Crippen LogP contribution in [0.3, 0.4) is 0 Å². The predicted molar refractivity (Wildman–Crippen MR) is 82.7 cm³/mol. The van der Waals surface area contributed by atoms with E-state index in [1.165, 1.54) is 27.2 Å². The number of hydrogen-bond donors (Lipinski definition) is 2. The van der Waals surface area contributed by atoms with Crippen molar-refractivity contribution in [3.63, 3.8) is 0 Å². The number of methoxy groups -OCH3 is 2. The number of amides is 1. The molecule has 22 heavy (non-hydrogen) atoms. The number of sulfonamides is 1. The monoisotopic (exact) mass is 330 g/mol. The highest BCUT2D eigenvalue weighted by Gasteiger charge is 2.19. The topological polar surface area (TPSA) is 93.7 Å². The average molecular weight is 330 g/mol. The van der Waals surface area contributed by atoms with Crippen LogP contribution in [0.2, 0.25) is 0 Å². The molecule has 0 aliphatic carbocycles. The summed E-state index contributed by atoms with van der Waals surface area (Å²) in [7, 11) is -0.805. The molecule has 0 radical (unpaired) electrons. The van der Waals surface area contributed by atoms with Gasteiger partial charge < -0.3 is 14.8 Å². The molecular weight excluding hydrogens is 308 g/mol. The van der Waals surface area contributed by atoms with E-state index >= 15 is 0 Å². The Morgan fingerprint density at radius 3 is 2.41 bits per heavy atom. The summed E-state index contributed by atoms with van der Waals surface area (Å²) in [6.07, 6.45) is 1.31. The molecule has 0 aliphatic rings. The molecule has 0 aliphatic heterocycles. The van der Waals surface area contributed by atoms with Gasteiger partial charge in [-0.25, -0.2) is 13.1 Å². The molecule has 1 aromatic carbocycles. The third kappa shape index (κ3) is 5.53. The number of carbonyl (C=O) groups excluding carboxylic acids is 1. The third-order valence-corrected chi connectivity index (χ3v) is 4.41. The quantitative estimate of drug-likeness (QED) is 0.656. The van der Waals surface area contributed by atoms with Gasteiger partial charge >= 0.3 is 0 Å². The summed E-state index contributed by atoms with van der Waals surface area (Å²) in [5, 5.41) is 2.66. The van der Waals surface area contributed by atoms with Gasteiger partial charge in [0.15, 0.2) is 0 Å². The summed E-state index contributed by atoms with van der Waals surface area (Å²) in [6, 6.07) is 4.59. The number of benzene rings is 1. The number of ether oxygens (including phenoxy) is 2. The van der Waals surface area contributed by atoms with Crippen LogP contribution >= 0.6 is 0 Å². The van der Waals surface area contributed by atoms with Crippen LogP contribution in [0.5, 0.6) is 11.5 Å². The predicted octanol–water partition coefficient (Wildman–Crippen LogP) is 0.898. The van der Waals surface area contributed by atoms with Crippen LogP contribution < -0.4 is 19.5 Å². The molecule has 0 saturated heterocycles. The number of hydrogen-bond acceptors (Lipinski definition) is 5. The van der Waals surface area contributed by atoms with Gasteiger partial charge in [0.05, 0.1) is 14.2 Å². The SMILES string of the molecule is COc1ccc(OC)c(S(=O)(=O)NCCCCNC(C)=O)c1. The minimum absolute atomic E-state index is 0.0382. The second-order valence-electron chi connectivity index (χ2n) is 4.60. The lowest BCUT2D eigenvalue weighted by molar-refractivity contribution is -0.118. The fourth-order valence-electron chi connectivity index (χ4n) is 1.79. The van der Waals surface area contributed by atoms with E-state index in [0.717, 1.165) is 0 Å². The van der Waals surface area contributed by atoms with E-state index < -0.39 is 10.0 Å². The van der Waals surface area contributed by atoms with Crippen molar-refractivity contribution in [3.05, 3.63) is 18.2 Å². The van der Waals surface area contributed by atoms with Gasteiger partial charge in [0.1, 0.15) is 16.4 Å². The number of carbonyl (C=O) groups is 1. The lowest BCUT2D eigenvalue weighted by Crippen LogP contribution is -2.26. The van der Waals surface area contributed by atoms with E-state index in [0.29, 0.717) is 25.1 Å². The fraction of sp³-hybridized carbons (Fsp3) is 0.500.